The van der Waals surface area contributed by atoms with Gasteiger partial charge in [-0.2, -0.15) is 0 Å². The standard InChI is InChI=1S/C15H12O2/c1-11-5-4-7-12(9-11)15(17)14-8-3-2-6-13(14)10-16/h2-10H,1H3. The maximum atomic E-state index is 12.2. The molecule has 17 heavy (non-hydrogen) atoms. The van der Waals surface area contributed by atoms with Gasteiger partial charge in [0, 0.05) is 16.7 Å². The van der Waals surface area contributed by atoms with Crippen molar-refractivity contribution in [1.29, 1.82) is 0 Å². The predicted molar refractivity (Wildman–Crippen MR) is 66.4 cm³/mol. The minimum Gasteiger partial charge on any atom is -0.298 e. The van der Waals surface area contributed by atoms with Crippen molar-refractivity contribution in [2.24, 2.45) is 0 Å². The van der Waals surface area contributed by atoms with Crippen molar-refractivity contribution >= 4 is 12.1 Å². The second kappa shape index (κ2) is 4.74. The summed E-state index contributed by atoms with van der Waals surface area (Å²) in [6.45, 7) is 1.93. The van der Waals surface area contributed by atoms with E-state index in [1.807, 2.05) is 25.1 Å². The van der Waals surface area contributed by atoms with E-state index < -0.39 is 0 Å². The highest BCUT2D eigenvalue weighted by Gasteiger charge is 2.12. The van der Waals surface area contributed by atoms with Crippen molar-refractivity contribution in [2.75, 3.05) is 0 Å². The van der Waals surface area contributed by atoms with E-state index in [4.69, 9.17) is 0 Å². The van der Waals surface area contributed by atoms with Gasteiger partial charge in [-0.3, -0.25) is 9.59 Å². The van der Waals surface area contributed by atoms with Gasteiger partial charge in [-0.05, 0) is 13.0 Å². The molecule has 0 amide bonds. The molecular weight excluding hydrogens is 212 g/mol. The molecule has 0 spiro atoms. The number of hydrogen-bond donors (Lipinski definition) is 0. The van der Waals surface area contributed by atoms with Crippen LogP contribution in [0.1, 0.15) is 31.8 Å². The van der Waals surface area contributed by atoms with Crippen LogP contribution in [0.4, 0.5) is 0 Å². The minimum absolute atomic E-state index is 0.114. The van der Waals surface area contributed by atoms with Gasteiger partial charge in [-0.1, -0.05) is 48.0 Å². The molecule has 0 aliphatic rings. The van der Waals surface area contributed by atoms with Crippen molar-refractivity contribution in [3.8, 4) is 0 Å². The average Bonchev–Trinajstić information content (AvgIpc) is 2.38. The van der Waals surface area contributed by atoms with Gasteiger partial charge in [-0.15, -0.1) is 0 Å². The smallest absolute Gasteiger partial charge is 0.193 e. The van der Waals surface area contributed by atoms with Gasteiger partial charge < -0.3 is 0 Å². The number of aldehydes is 1. The summed E-state index contributed by atoms with van der Waals surface area (Å²) in [4.78, 5) is 23.1. The topological polar surface area (TPSA) is 34.1 Å². The number of carbonyl (C=O) groups excluding carboxylic acids is 2. The Morgan fingerprint density at radius 2 is 1.82 bits per heavy atom. The molecule has 0 atom stereocenters. The summed E-state index contributed by atoms with van der Waals surface area (Å²) in [6, 6.07) is 14.2. The second-order valence-electron chi connectivity index (χ2n) is 3.90. The summed E-state index contributed by atoms with van der Waals surface area (Å²) in [5, 5.41) is 0. The van der Waals surface area contributed by atoms with Gasteiger partial charge in [0.2, 0.25) is 0 Å². The molecule has 0 radical (unpaired) electrons. The molecule has 0 saturated carbocycles. The molecule has 0 bridgehead atoms. The van der Waals surface area contributed by atoms with Crippen LogP contribution in [-0.2, 0) is 0 Å². The first-order valence-corrected chi connectivity index (χ1v) is 5.38. The third-order valence-electron chi connectivity index (χ3n) is 2.61. The Kier molecular flexibility index (Phi) is 3.15. The third kappa shape index (κ3) is 2.31. The predicted octanol–water partition coefficient (Wildman–Crippen LogP) is 3.04. The van der Waals surface area contributed by atoms with Crippen LogP contribution in [0, 0.1) is 6.92 Å². The number of carbonyl (C=O) groups is 2. The van der Waals surface area contributed by atoms with Crippen LogP contribution in [0.2, 0.25) is 0 Å². The highest BCUT2D eigenvalue weighted by atomic mass is 16.1. The summed E-state index contributed by atoms with van der Waals surface area (Å²) in [7, 11) is 0. The second-order valence-corrected chi connectivity index (χ2v) is 3.90. The lowest BCUT2D eigenvalue weighted by molar-refractivity contribution is 0.102. The van der Waals surface area contributed by atoms with Crippen LogP contribution in [0.5, 0.6) is 0 Å². The zero-order chi connectivity index (χ0) is 12.3. The highest BCUT2D eigenvalue weighted by molar-refractivity contribution is 6.12. The van der Waals surface area contributed by atoms with Crippen LogP contribution < -0.4 is 0 Å². The Morgan fingerprint density at radius 1 is 1.06 bits per heavy atom. The van der Waals surface area contributed by atoms with Gasteiger partial charge in [-0.25, -0.2) is 0 Å². The molecule has 84 valence electrons. The molecule has 0 aromatic heterocycles. The Morgan fingerprint density at radius 3 is 2.53 bits per heavy atom. The molecule has 2 rings (SSSR count). The molecule has 0 aliphatic carbocycles. The van der Waals surface area contributed by atoms with Gasteiger partial charge in [0.1, 0.15) is 0 Å². The first-order valence-electron chi connectivity index (χ1n) is 5.38. The van der Waals surface area contributed by atoms with Crippen LogP contribution in [-0.4, -0.2) is 12.1 Å². The number of aryl methyl sites for hydroxylation is 1. The Balaban J connectivity index is 2.47. The Hall–Kier alpha value is -2.22. The lowest BCUT2D eigenvalue weighted by atomic mass is 9.98. The van der Waals surface area contributed by atoms with E-state index in [1.54, 1.807) is 30.3 Å². The molecule has 0 N–H and O–H groups in total. The quantitative estimate of drug-likeness (QED) is 0.593. The van der Waals surface area contributed by atoms with E-state index in [-0.39, 0.29) is 5.78 Å². The normalized spacial score (nSPS) is 9.94. The third-order valence-corrected chi connectivity index (χ3v) is 2.61. The number of ketones is 1. The Bertz CT molecular complexity index is 571. The molecule has 0 unspecified atom stereocenters. The molecule has 0 fully saturated rings. The van der Waals surface area contributed by atoms with Gasteiger partial charge in [0.05, 0.1) is 0 Å². The van der Waals surface area contributed by atoms with E-state index in [2.05, 4.69) is 0 Å². The first kappa shape index (κ1) is 11.3. The lowest BCUT2D eigenvalue weighted by Gasteiger charge is -2.04. The SMILES string of the molecule is Cc1cccc(C(=O)c2ccccc2C=O)c1. The highest BCUT2D eigenvalue weighted by Crippen LogP contribution is 2.14. The van der Waals surface area contributed by atoms with Crippen LogP contribution in [0.3, 0.4) is 0 Å². The van der Waals surface area contributed by atoms with Crippen molar-refractivity contribution < 1.29 is 9.59 Å². The fourth-order valence-electron chi connectivity index (χ4n) is 1.75. The molecule has 0 saturated heterocycles. The number of rotatable bonds is 3. The zero-order valence-electron chi connectivity index (χ0n) is 9.51. The first-order chi connectivity index (χ1) is 8.22. The summed E-state index contributed by atoms with van der Waals surface area (Å²) in [6.07, 6.45) is 0.711. The lowest BCUT2D eigenvalue weighted by Crippen LogP contribution is -2.05. The van der Waals surface area contributed by atoms with Crippen molar-refractivity contribution in [3.05, 3.63) is 70.8 Å². The largest absolute Gasteiger partial charge is 0.298 e. The summed E-state index contributed by atoms with van der Waals surface area (Å²) in [5.41, 5.74) is 2.52. The summed E-state index contributed by atoms with van der Waals surface area (Å²) >= 11 is 0. The minimum atomic E-state index is -0.114. The van der Waals surface area contributed by atoms with Crippen molar-refractivity contribution in [3.63, 3.8) is 0 Å². The maximum Gasteiger partial charge on any atom is 0.193 e. The Labute approximate surface area is 99.9 Å². The van der Waals surface area contributed by atoms with Gasteiger partial charge in [0.15, 0.2) is 12.1 Å². The molecule has 2 aromatic carbocycles. The molecule has 2 heteroatoms. The van der Waals surface area contributed by atoms with Crippen LogP contribution >= 0.6 is 0 Å². The van der Waals surface area contributed by atoms with Crippen molar-refractivity contribution in [2.45, 2.75) is 6.92 Å². The molecule has 0 heterocycles. The van der Waals surface area contributed by atoms with E-state index >= 15 is 0 Å². The van der Waals surface area contributed by atoms with E-state index in [0.717, 1.165) is 5.56 Å². The van der Waals surface area contributed by atoms with Gasteiger partial charge in [0.25, 0.3) is 0 Å². The molecular formula is C15H12O2. The van der Waals surface area contributed by atoms with E-state index in [1.165, 1.54) is 0 Å². The van der Waals surface area contributed by atoms with Crippen molar-refractivity contribution in [1.82, 2.24) is 0 Å². The fourth-order valence-corrected chi connectivity index (χ4v) is 1.75. The molecule has 0 aliphatic heterocycles. The van der Waals surface area contributed by atoms with Crippen LogP contribution in [0.15, 0.2) is 48.5 Å². The summed E-state index contributed by atoms with van der Waals surface area (Å²) < 4.78 is 0. The molecule has 2 aromatic rings. The average molecular weight is 224 g/mol. The van der Waals surface area contributed by atoms with E-state index in [0.29, 0.717) is 23.0 Å². The monoisotopic (exact) mass is 224 g/mol. The van der Waals surface area contributed by atoms with E-state index in [9.17, 15) is 9.59 Å². The summed E-state index contributed by atoms with van der Waals surface area (Å²) in [5.74, 6) is -0.114. The zero-order valence-corrected chi connectivity index (χ0v) is 9.51. The number of hydrogen-bond acceptors (Lipinski definition) is 2. The van der Waals surface area contributed by atoms with Gasteiger partial charge >= 0.3 is 0 Å². The maximum absolute atomic E-state index is 12.2. The molecule has 2 nitrogen and oxygen atoms in total. The fraction of sp³-hybridized carbons (Fsp3) is 0.0667. The number of benzene rings is 2. The van der Waals surface area contributed by atoms with Crippen LogP contribution in [0.25, 0.3) is 0 Å².